The predicted octanol–water partition coefficient (Wildman–Crippen LogP) is 2.57. The standard InChI is InChI=1S/C26H34N6O2/c1-19-7-3-4-8-22(19)29-13-15-30(16-14-29)24-18-23-20(17-21(24)27)26(34)32(28(23)2)12-6-11-31-10-5-9-25(31)33/h3-4,7-8,17-18H,5-6,9-16,27H2,1-2H3. The average molecular weight is 463 g/mol. The van der Waals surface area contributed by atoms with Gasteiger partial charge in [-0.15, -0.1) is 0 Å². The Morgan fingerprint density at radius 1 is 0.912 bits per heavy atom. The fourth-order valence-corrected chi connectivity index (χ4v) is 5.42. The molecular weight excluding hydrogens is 428 g/mol. The molecule has 8 nitrogen and oxygen atoms in total. The van der Waals surface area contributed by atoms with Gasteiger partial charge in [-0.3, -0.25) is 14.3 Å². The molecule has 3 aromatic rings. The smallest absolute Gasteiger partial charge is 0.274 e. The van der Waals surface area contributed by atoms with E-state index in [-0.39, 0.29) is 11.5 Å². The first-order chi connectivity index (χ1) is 16.4. The molecule has 5 rings (SSSR count). The van der Waals surface area contributed by atoms with Crippen LogP contribution in [0.25, 0.3) is 10.9 Å². The fourth-order valence-electron chi connectivity index (χ4n) is 5.42. The molecule has 0 atom stereocenters. The number of piperazine rings is 1. The lowest BCUT2D eigenvalue weighted by Crippen LogP contribution is -2.47. The van der Waals surface area contributed by atoms with Crippen LogP contribution in [0.2, 0.25) is 0 Å². The van der Waals surface area contributed by atoms with Crippen molar-refractivity contribution in [1.82, 2.24) is 14.3 Å². The summed E-state index contributed by atoms with van der Waals surface area (Å²) in [4.78, 5) is 31.6. The molecule has 0 spiro atoms. The normalized spacial score (nSPS) is 16.8. The molecule has 1 aromatic heterocycles. The number of aryl methyl sites for hydroxylation is 2. The Morgan fingerprint density at radius 2 is 1.62 bits per heavy atom. The molecule has 2 aliphatic heterocycles. The van der Waals surface area contributed by atoms with E-state index in [4.69, 9.17) is 5.73 Å². The maximum atomic E-state index is 13.1. The lowest BCUT2D eigenvalue weighted by Gasteiger charge is -2.38. The number of nitrogens with zero attached hydrogens (tertiary/aromatic N) is 5. The summed E-state index contributed by atoms with van der Waals surface area (Å²) < 4.78 is 3.71. The molecule has 0 saturated carbocycles. The third-order valence-electron chi connectivity index (χ3n) is 7.37. The summed E-state index contributed by atoms with van der Waals surface area (Å²) in [6, 6.07) is 12.4. The van der Waals surface area contributed by atoms with Gasteiger partial charge in [-0.05, 0) is 43.5 Å². The number of likely N-dealkylation sites (tertiary alicyclic amines) is 1. The molecule has 1 amide bonds. The number of amides is 1. The molecule has 0 aliphatic carbocycles. The Balaban J connectivity index is 1.33. The lowest BCUT2D eigenvalue weighted by atomic mass is 10.1. The van der Waals surface area contributed by atoms with E-state index in [9.17, 15) is 9.59 Å². The van der Waals surface area contributed by atoms with E-state index in [0.717, 1.165) is 56.8 Å². The maximum absolute atomic E-state index is 13.1. The number of anilines is 3. The monoisotopic (exact) mass is 462 g/mol. The van der Waals surface area contributed by atoms with Crippen LogP contribution in [0.15, 0.2) is 41.2 Å². The zero-order valence-electron chi connectivity index (χ0n) is 20.2. The summed E-state index contributed by atoms with van der Waals surface area (Å²) in [6.45, 7) is 7.88. The number of para-hydroxylation sites is 1. The van der Waals surface area contributed by atoms with Crippen LogP contribution in [0.4, 0.5) is 17.1 Å². The van der Waals surface area contributed by atoms with E-state index < -0.39 is 0 Å². The SMILES string of the molecule is Cc1ccccc1N1CCN(c2cc3c(cc2N)c(=O)n(CCCN2CCCC2=O)n3C)CC1. The zero-order chi connectivity index (χ0) is 23.8. The average Bonchev–Trinajstić information content (AvgIpc) is 3.35. The number of hydrogen-bond donors (Lipinski definition) is 1. The third kappa shape index (κ3) is 4.02. The second-order valence-corrected chi connectivity index (χ2v) is 9.48. The highest BCUT2D eigenvalue weighted by molar-refractivity contribution is 5.89. The molecule has 2 N–H and O–H groups in total. The highest BCUT2D eigenvalue weighted by atomic mass is 16.2. The van der Waals surface area contributed by atoms with Gasteiger partial charge in [0.2, 0.25) is 5.91 Å². The van der Waals surface area contributed by atoms with Crippen molar-refractivity contribution in [2.45, 2.75) is 32.7 Å². The molecule has 0 unspecified atom stereocenters. The van der Waals surface area contributed by atoms with Crippen LogP contribution in [-0.2, 0) is 18.4 Å². The molecule has 0 radical (unpaired) electrons. The minimum absolute atomic E-state index is 0.0205. The van der Waals surface area contributed by atoms with Crippen molar-refractivity contribution in [2.24, 2.45) is 7.05 Å². The number of hydrogen-bond acceptors (Lipinski definition) is 5. The number of rotatable bonds is 6. The number of benzene rings is 2. The van der Waals surface area contributed by atoms with Crippen molar-refractivity contribution >= 4 is 33.9 Å². The van der Waals surface area contributed by atoms with Crippen molar-refractivity contribution < 1.29 is 4.79 Å². The van der Waals surface area contributed by atoms with Gasteiger partial charge in [0, 0.05) is 65.0 Å². The van der Waals surface area contributed by atoms with Gasteiger partial charge in [-0.1, -0.05) is 18.2 Å². The first-order valence-corrected chi connectivity index (χ1v) is 12.3. The lowest BCUT2D eigenvalue weighted by molar-refractivity contribution is -0.127. The Labute approximate surface area is 200 Å². The number of nitrogen functional groups attached to an aromatic ring is 1. The van der Waals surface area contributed by atoms with Crippen molar-refractivity contribution in [3.8, 4) is 0 Å². The minimum Gasteiger partial charge on any atom is -0.397 e. The van der Waals surface area contributed by atoms with Crippen LogP contribution in [0.5, 0.6) is 0 Å². The van der Waals surface area contributed by atoms with Gasteiger partial charge in [-0.25, -0.2) is 4.68 Å². The topological polar surface area (TPSA) is 79.7 Å². The Kier molecular flexibility index (Phi) is 5.98. The second kappa shape index (κ2) is 9.08. The summed E-state index contributed by atoms with van der Waals surface area (Å²) in [5.74, 6) is 0.226. The second-order valence-electron chi connectivity index (χ2n) is 9.48. The molecule has 2 saturated heterocycles. The number of carbonyl (C=O) groups is 1. The van der Waals surface area contributed by atoms with E-state index in [1.807, 2.05) is 22.7 Å². The molecule has 34 heavy (non-hydrogen) atoms. The fraction of sp³-hybridized carbons (Fsp3) is 0.462. The van der Waals surface area contributed by atoms with Crippen LogP contribution in [-0.4, -0.2) is 59.4 Å². The molecule has 2 aromatic carbocycles. The van der Waals surface area contributed by atoms with E-state index in [1.165, 1.54) is 11.3 Å². The number of aromatic nitrogens is 2. The van der Waals surface area contributed by atoms with Gasteiger partial charge in [0.1, 0.15) is 0 Å². The van der Waals surface area contributed by atoms with E-state index in [0.29, 0.717) is 30.6 Å². The van der Waals surface area contributed by atoms with Gasteiger partial charge >= 0.3 is 0 Å². The Bertz CT molecular complexity index is 1270. The third-order valence-corrected chi connectivity index (χ3v) is 7.37. The molecule has 3 heterocycles. The molecule has 2 aliphatic rings. The molecule has 180 valence electrons. The summed E-state index contributed by atoms with van der Waals surface area (Å²) in [5, 5.41) is 0.652. The highest BCUT2D eigenvalue weighted by Gasteiger charge is 2.23. The van der Waals surface area contributed by atoms with Crippen LogP contribution in [0.1, 0.15) is 24.8 Å². The van der Waals surface area contributed by atoms with Gasteiger partial charge < -0.3 is 20.4 Å². The van der Waals surface area contributed by atoms with Gasteiger partial charge in [0.15, 0.2) is 0 Å². The minimum atomic E-state index is -0.0205. The Hall–Kier alpha value is -3.42. The maximum Gasteiger partial charge on any atom is 0.274 e. The molecule has 2 fully saturated rings. The van der Waals surface area contributed by atoms with Crippen LogP contribution >= 0.6 is 0 Å². The molecular formula is C26H34N6O2. The van der Waals surface area contributed by atoms with Crippen molar-refractivity contribution in [1.29, 1.82) is 0 Å². The first-order valence-electron chi connectivity index (χ1n) is 12.3. The van der Waals surface area contributed by atoms with E-state index in [2.05, 4.69) is 47.1 Å². The number of carbonyl (C=O) groups excluding carboxylic acids is 1. The van der Waals surface area contributed by atoms with E-state index >= 15 is 0 Å². The van der Waals surface area contributed by atoms with Crippen LogP contribution in [0, 0.1) is 6.92 Å². The summed E-state index contributed by atoms with van der Waals surface area (Å²) >= 11 is 0. The van der Waals surface area contributed by atoms with Crippen LogP contribution < -0.4 is 21.1 Å². The summed E-state index contributed by atoms with van der Waals surface area (Å²) in [7, 11) is 1.93. The van der Waals surface area contributed by atoms with Gasteiger partial charge in [0.05, 0.1) is 22.3 Å². The van der Waals surface area contributed by atoms with Crippen molar-refractivity contribution in [2.75, 3.05) is 54.8 Å². The van der Waals surface area contributed by atoms with Crippen molar-refractivity contribution in [3.05, 3.63) is 52.3 Å². The van der Waals surface area contributed by atoms with Gasteiger partial charge in [-0.2, -0.15) is 0 Å². The van der Waals surface area contributed by atoms with Gasteiger partial charge in [0.25, 0.3) is 5.56 Å². The molecule has 0 bridgehead atoms. The van der Waals surface area contributed by atoms with Crippen molar-refractivity contribution in [3.63, 3.8) is 0 Å². The predicted molar refractivity (Wildman–Crippen MR) is 138 cm³/mol. The quantitative estimate of drug-likeness (QED) is 0.570. The molecule has 8 heteroatoms. The largest absolute Gasteiger partial charge is 0.397 e. The summed E-state index contributed by atoms with van der Waals surface area (Å²) in [6.07, 6.45) is 2.35. The highest BCUT2D eigenvalue weighted by Crippen LogP contribution is 2.30. The number of fused-ring (bicyclic) bond motifs is 1. The first kappa shape index (κ1) is 22.4. The van der Waals surface area contributed by atoms with Crippen LogP contribution in [0.3, 0.4) is 0 Å². The summed E-state index contributed by atoms with van der Waals surface area (Å²) in [5.41, 5.74) is 11.6. The number of nitrogens with two attached hydrogens (primary N) is 1. The van der Waals surface area contributed by atoms with E-state index in [1.54, 1.807) is 4.68 Å². The Morgan fingerprint density at radius 3 is 2.29 bits per heavy atom. The zero-order valence-corrected chi connectivity index (χ0v) is 20.2.